The normalized spacial score (nSPS) is 12.0. The summed E-state index contributed by atoms with van der Waals surface area (Å²) in [5.41, 5.74) is 7.97. The van der Waals surface area contributed by atoms with Crippen LogP contribution in [-0.2, 0) is 7.05 Å². The molecule has 0 aliphatic heterocycles. The lowest BCUT2D eigenvalue weighted by atomic mass is 10.1. The van der Waals surface area contributed by atoms with Crippen molar-refractivity contribution in [2.75, 3.05) is 13.1 Å². The molecule has 0 aromatic carbocycles. The van der Waals surface area contributed by atoms with Gasteiger partial charge >= 0.3 is 0 Å². The van der Waals surface area contributed by atoms with E-state index < -0.39 is 0 Å². The van der Waals surface area contributed by atoms with Crippen molar-refractivity contribution in [2.45, 2.75) is 26.3 Å². The van der Waals surface area contributed by atoms with E-state index in [0.29, 0.717) is 6.54 Å². The van der Waals surface area contributed by atoms with Crippen molar-refractivity contribution in [1.29, 1.82) is 0 Å². The highest BCUT2D eigenvalue weighted by atomic mass is 15.3. The zero-order valence-corrected chi connectivity index (χ0v) is 10.2. The molecule has 0 aliphatic carbocycles. The lowest BCUT2D eigenvalue weighted by molar-refractivity contribution is 0.548. The van der Waals surface area contributed by atoms with E-state index in [-0.39, 0.29) is 6.04 Å². The molecule has 88 valence electrons. The summed E-state index contributed by atoms with van der Waals surface area (Å²) < 4.78 is 1.82. The van der Waals surface area contributed by atoms with E-state index in [1.165, 1.54) is 5.56 Å². The Bertz CT molecular complexity index is 383. The fourth-order valence-corrected chi connectivity index (χ4v) is 1.71. The molecule has 1 rings (SSSR count). The Kier molecular flexibility index (Phi) is 5.03. The molecule has 0 spiro atoms. The Morgan fingerprint density at radius 1 is 1.62 bits per heavy atom. The fraction of sp³-hybridized carbons (Fsp3) is 0.583. The van der Waals surface area contributed by atoms with Crippen molar-refractivity contribution in [2.24, 2.45) is 12.8 Å². The van der Waals surface area contributed by atoms with E-state index in [2.05, 4.69) is 22.3 Å². The number of rotatable bonds is 5. The molecule has 1 aromatic heterocycles. The molecule has 0 aliphatic rings. The zero-order chi connectivity index (χ0) is 12.0. The maximum absolute atomic E-state index is 5.76. The van der Waals surface area contributed by atoms with Crippen LogP contribution in [0.15, 0.2) is 6.20 Å². The van der Waals surface area contributed by atoms with Crippen molar-refractivity contribution < 1.29 is 0 Å². The molecule has 0 fully saturated rings. The van der Waals surface area contributed by atoms with Gasteiger partial charge in [-0.1, -0.05) is 0 Å². The van der Waals surface area contributed by atoms with Crippen LogP contribution in [-0.4, -0.2) is 22.9 Å². The molecule has 1 atom stereocenters. The van der Waals surface area contributed by atoms with Crippen molar-refractivity contribution in [1.82, 2.24) is 15.1 Å². The third-order valence-corrected chi connectivity index (χ3v) is 2.48. The Morgan fingerprint density at radius 3 is 2.88 bits per heavy atom. The molecule has 4 nitrogen and oxygen atoms in total. The van der Waals surface area contributed by atoms with Gasteiger partial charge in [0.05, 0.1) is 5.69 Å². The van der Waals surface area contributed by atoms with Gasteiger partial charge in [-0.2, -0.15) is 5.10 Å². The molecule has 0 amide bonds. The highest BCUT2D eigenvalue weighted by molar-refractivity contribution is 5.20. The van der Waals surface area contributed by atoms with Gasteiger partial charge in [-0.3, -0.25) is 4.68 Å². The summed E-state index contributed by atoms with van der Waals surface area (Å²) in [6.45, 7) is 5.29. The van der Waals surface area contributed by atoms with Crippen molar-refractivity contribution >= 4 is 0 Å². The molecule has 0 saturated heterocycles. The number of hydrogen-bond donors (Lipinski definition) is 2. The van der Waals surface area contributed by atoms with Gasteiger partial charge in [-0.05, 0) is 13.8 Å². The first kappa shape index (κ1) is 12.8. The van der Waals surface area contributed by atoms with Crippen LogP contribution in [0, 0.1) is 18.8 Å². The predicted octanol–water partition coefficient (Wildman–Crippen LogP) is 0.731. The standard InChI is InChI=1S/C12H20N4/c1-4-5-6-7-14-12(8-13)11-9-16(3)15-10(11)2/h9,12,14H,6-8,13H2,1-3H3. The third kappa shape index (κ3) is 3.37. The molecule has 16 heavy (non-hydrogen) atoms. The highest BCUT2D eigenvalue weighted by Crippen LogP contribution is 2.14. The Balaban J connectivity index is 2.59. The van der Waals surface area contributed by atoms with E-state index in [4.69, 9.17) is 5.73 Å². The predicted molar refractivity (Wildman–Crippen MR) is 65.8 cm³/mol. The second kappa shape index (κ2) is 6.31. The zero-order valence-electron chi connectivity index (χ0n) is 10.2. The van der Waals surface area contributed by atoms with Crippen LogP contribution in [0.5, 0.6) is 0 Å². The Labute approximate surface area is 97.2 Å². The molecular weight excluding hydrogens is 200 g/mol. The summed E-state index contributed by atoms with van der Waals surface area (Å²) in [4.78, 5) is 0. The van der Waals surface area contributed by atoms with E-state index in [1.54, 1.807) is 0 Å². The van der Waals surface area contributed by atoms with Crippen molar-refractivity contribution in [3.63, 3.8) is 0 Å². The minimum absolute atomic E-state index is 0.173. The largest absolute Gasteiger partial charge is 0.329 e. The maximum Gasteiger partial charge on any atom is 0.0641 e. The van der Waals surface area contributed by atoms with Gasteiger partial charge in [0.15, 0.2) is 0 Å². The molecule has 1 aromatic rings. The summed E-state index contributed by atoms with van der Waals surface area (Å²) in [6, 6.07) is 0.173. The molecule has 0 bridgehead atoms. The smallest absolute Gasteiger partial charge is 0.0641 e. The van der Waals surface area contributed by atoms with Gasteiger partial charge in [-0.25, -0.2) is 0 Å². The molecular formula is C12H20N4. The number of nitrogens with two attached hydrogens (primary N) is 1. The third-order valence-electron chi connectivity index (χ3n) is 2.48. The summed E-state index contributed by atoms with van der Waals surface area (Å²) in [5.74, 6) is 5.90. The van der Waals surface area contributed by atoms with Gasteiger partial charge in [0.1, 0.15) is 0 Å². The van der Waals surface area contributed by atoms with Gasteiger partial charge in [0.2, 0.25) is 0 Å². The van der Waals surface area contributed by atoms with Crippen LogP contribution >= 0.6 is 0 Å². The summed E-state index contributed by atoms with van der Waals surface area (Å²) in [6.07, 6.45) is 2.87. The topological polar surface area (TPSA) is 55.9 Å². The first-order valence-electron chi connectivity index (χ1n) is 5.52. The van der Waals surface area contributed by atoms with E-state index in [9.17, 15) is 0 Å². The average molecular weight is 220 g/mol. The molecule has 4 heteroatoms. The lowest BCUT2D eigenvalue weighted by Gasteiger charge is -2.15. The summed E-state index contributed by atoms with van der Waals surface area (Å²) in [5, 5.41) is 7.71. The maximum atomic E-state index is 5.76. The number of hydrogen-bond acceptors (Lipinski definition) is 3. The van der Waals surface area contributed by atoms with E-state index in [1.807, 2.05) is 31.8 Å². The molecule has 1 unspecified atom stereocenters. The molecule has 1 heterocycles. The van der Waals surface area contributed by atoms with Crippen LogP contribution in [0.4, 0.5) is 0 Å². The van der Waals surface area contributed by atoms with Crippen molar-refractivity contribution in [3.05, 3.63) is 17.5 Å². The van der Waals surface area contributed by atoms with Gasteiger partial charge in [-0.15, -0.1) is 11.8 Å². The van der Waals surface area contributed by atoms with E-state index in [0.717, 1.165) is 18.7 Å². The van der Waals surface area contributed by atoms with Crippen LogP contribution in [0.1, 0.15) is 30.6 Å². The SMILES string of the molecule is CC#CCCNC(CN)c1cn(C)nc1C. The second-order valence-electron chi connectivity index (χ2n) is 3.76. The monoisotopic (exact) mass is 220 g/mol. The first-order valence-corrected chi connectivity index (χ1v) is 5.52. The van der Waals surface area contributed by atoms with Gasteiger partial charge in [0.25, 0.3) is 0 Å². The Morgan fingerprint density at radius 2 is 2.38 bits per heavy atom. The first-order chi connectivity index (χ1) is 7.69. The minimum Gasteiger partial charge on any atom is -0.329 e. The van der Waals surface area contributed by atoms with Crippen LogP contribution in [0.25, 0.3) is 0 Å². The summed E-state index contributed by atoms with van der Waals surface area (Å²) >= 11 is 0. The fourth-order valence-electron chi connectivity index (χ4n) is 1.71. The minimum atomic E-state index is 0.173. The molecule has 0 radical (unpaired) electrons. The van der Waals surface area contributed by atoms with Gasteiger partial charge < -0.3 is 11.1 Å². The quantitative estimate of drug-likeness (QED) is 0.568. The second-order valence-corrected chi connectivity index (χ2v) is 3.76. The van der Waals surface area contributed by atoms with Crippen molar-refractivity contribution in [3.8, 4) is 11.8 Å². The van der Waals surface area contributed by atoms with E-state index >= 15 is 0 Å². The number of aromatic nitrogens is 2. The van der Waals surface area contributed by atoms with Gasteiger partial charge in [0, 0.05) is 44.4 Å². The lowest BCUT2D eigenvalue weighted by Crippen LogP contribution is -2.29. The van der Waals surface area contributed by atoms with Crippen LogP contribution < -0.4 is 11.1 Å². The number of aryl methyl sites for hydroxylation is 2. The number of nitrogens with one attached hydrogen (secondary N) is 1. The average Bonchev–Trinajstić information content (AvgIpc) is 2.58. The Hall–Kier alpha value is -1.31. The summed E-state index contributed by atoms with van der Waals surface area (Å²) in [7, 11) is 1.92. The van der Waals surface area contributed by atoms with Crippen LogP contribution in [0.2, 0.25) is 0 Å². The highest BCUT2D eigenvalue weighted by Gasteiger charge is 2.13. The van der Waals surface area contributed by atoms with Crippen LogP contribution in [0.3, 0.4) is 0 Å². The molecule has 0 saturated carbocycles. The molecule has 3 N–H and O–H groups in total. The number of nitrogens with zero attached hydrogens (tertiary/aromatic N) is 2.